The molecule has 1 aromatic heterocycles. The fourth-order valence-corrected chi connectivity index (χ4v) is 3.66. The molecule has 3 aromatic rings. The molecule has 0 aliphatic heterocycles. The van der Waals surface area contributed by atoms with Crippen LogP contribution in [0.15, 0.2) is 36.4 Å². The minimum Gasteiger partial charge on any atom is -0.478 e. The van der Waals surface area contributed by atoms with Crippen LogP contribution >= 0.6 is 48.3 Å². The number of halogens is 3. The summed E-state index contributed by atoms with van der Waals surface area (Å²) >= 11 is 18.4. The number of nitrogens with zero attached hydrogens (tertiary/aromatic N) is 1. The molecule has 1 heterocycles. The average Bonchev–Trinajstić information content (AvgIpc) is 3.00. The number of benzene rings is 2. The number of nitrogens with one attached hydrogen (secondary N) is 1. The molecule has 0 spiro atoms. The number of amides is 1. The molecule has 6 nitrogen and oxygen atoms in total. The molecule has 2 aromatic carbocycles. The Morgan fingerprint density at radius 1 is 1.10 bits per heavy atom. The largest absolute Gasteiger partial charge is 0.478 e. The lowest BCUT2D eigenvalue weighted by molar-refractivity contribution is 0.0696. The van der Waals surface area contributed by atoms with Crippen LogP contribution in [-0.2, 0) is 7.05 Å². The number of hydrogen-bond donors (Lipinski definition) is 3. The number of aliphatic hydroxyl groups excluding tert-OH is 1. The second-order valence-corrected chi connectivity index (χ2v) is 7.33. The topological polar surface area (TPSA) is 91.6 Å². The molecular formula is C19H17Cl3N2O4S. The Hall–Kier alpha value is -1.90. The summed E-state index contributed by atoms with van der Waals surface area (Å²) in [6.45, 7) is -0.422. The highest BCUT2D eigenvalue weighted by atomic mass is 35.5. The lowest BCUT2D eigenvalue weighted by Gasteiger charge is -2.18. The molecule has 29 heavy (non-hydrogen) atoms. The van der Waals surface area contributed by atoms with Gasteiger partial charge in [0.1, 0.15) is 5.69 Å². The first-order chi connectivity index (χ1) is 13.2. The molecule has 0 unspecified atom stereocenters. The fourth-order valence-electron chi connectivity index (χ4n) is 2.96. The summed E-state index contributed by atoms with van der Waals surface area (Å²) in [7, 11) is 1.71. The Labute approximate surface area is 188 Å². The van der Waals surface area contributed by atoms with Gasteiger partial charge in [0.2, 0.25) is 0 Å². The van der Waals surface area contributed by atoms with Crippen molar-refractivity contribution in [2.45, 2.75) is 6.04 Å². The highest BCUT2D eigenvalue weighted by molar-refractivity contribution is 7.59. The van der Waals surface area contributed by atoms with Crippen molar-refractivity contribution in [2.75, 3.05) is 6.61 Å². The van der Waals surface area contributed by atoms with Crippen LogP contribution in [0.2, 0.25) is 15.1 Å². The lowest BCUT2D eigenvalue weighted by atomic mass is 10.0. The SMILES string of the molecule is Cn1c(C(=O)N[C@H](CO)c2ccc(C(=O)O)cc2Cl)cc2c(Cl)c(Cl)ccc21.S. The summed E-state index contributed by atoms with van der Waals surface area (Å²) < 4.78 is 1.66. The van der Waals surface area contributed by atoms with Crippen LogP contribution < -0.4 is 5.32 Å². The molecule has 0 saturated heterocycles. The van der Waals surface area contributed by atoms with Gasteiger partial charge in [-0.2, -0.15) is 13.5 Å². The van der Waals surface area contributed by atoms with Crippen LogP contribution in [-0.4, -0.2) is 33.3 Å². The monoisotopic (exact) mass is 474 g/mol. The molecule has 0 radical (unpaired) electrons. The zero-order valence-electron chi connectivity index (χ0n) is 15.0. The van der Waals surface area contributed by atoms with E-state index in [1.54, 1.807) is 29.8 Å². The van der Waals surface area contributed by atoms with Crippen LogP contribution in [0.5, 0.6) is 0 Å². The third-order valence-corrected chi connectivity index (χ3v) is 5.60. The first-order valence-electron chi connectivity index (χ1n) is 8.12. The van der Waals surface area contributed by atoms with Gasteiger partial charge in [0.05, 0.1) is 28.3 Å². The predicted molar refractivity (Wildman–Crippen MR) is 119 cm³/mol. The van der Waals surface area contributed by atoms with Crippen molar-refractivity contribution in [1.29, 1.82) is 0 Å². The first-order valence-corrected chi connectivity index (χ1v) is 9.26. The second-order valence-electron chi connectivity index (χ2n) is 6.13. The summed E-state index contributed by atoms with van der Waals surface area (Å²) in [5, 5.41) is 23.0. The lowest BCUT2D eigenvalue weighted by Crippen LogP contribution is -2.32. The van der Waals surface area contributed by atoms with E-state index < -0.39 is 24.5 Å². The third kappa shape index (κ3) is 4.49. The molecule has 154 valence electrons. The Balaban J connectivity index is 0.00000300. The average molecular weight is 476 g/mol. The Kier molecular flexibility index (Phi) is 7.48. The standard InChI is InChI=1S/C19H15Cl3N2O4.H2S/c1-24-15-5-4-12(20)17(22)11(15)7-16(24)18(26)23-14(8-25)10-3-2-9(19(27)28)6-13(10)21;/h2-7,14,25H,8H2,1H3,(H,23,26)(H,27,28);1H2/t14-;/m1./s1. The van der Waals surface area contributed by atoms with Gasteiger partial charge in [0, 0.05) is 23.0 Å². The van der Waals surface area contributed by atoms with Crippen LogP contribution in [0.25, 0.3) is 10.9 Å². The zero-order chi connectivity index (χ0) is 20.6. The number of rotatable bonds is 5. The minimum absolute atomic E-state index is 0. The van der Waals surface area contributed by atoms with E-state index in [9.17, 15) is 14.7 Å². The molecule has 1 atom stereocenters. The number of carbonyl (C=O) groups excluding carboxylic acids is 1. The summed E-state index contributed by atoms with van der Waals surface area (Å²) in [5.74, 6) is -1.58. The number of aliphatic hydroxyl groups is 1. The summed E-state index contributed by atoms with van der Waals surface area (Å²) in [4.78, 5) is 23.8. The van der Waals surface area contributed by atoms with E-state index in [1.807, 2.05) is 0 Å². The van der Waals surface area contributed by atoms with E-state index in [0.717, 1.165) is 5.52 Å². The molecule has 10 heteroatoms. The molecule has 0 aliphatic rings. The van der Waals surface area contributed by atoms with Crippen LogP contribution in [0.4, 0.5) is 0 Å². The van der Waals surface area contributed by atoms with Crippen LogP contribution in [0.1, 0.15) is 32.5 Å². The highest BCUT2D eigenvalue weighted by Crippen LogP contribution is 2.33. The van der Waals surface area contributed by atoms with Gasteiger partial charge in [0.25, 0.3) is 5.91 Å². The van der Waals surface area contributed by atoms with Crippen molar-refractivity contribution < 1.29 is 19.8 Å². The number of aromatic carboxylic acids is 1. The van der Waals surface area contributed by atoms with Gasteiger partial charge in [-0.15, -0.1) is 0 Å². The molecule has 3 rings (SSSR count). The van der Waals surface area contributed by atoms with Gasteiger partial charge in [-0.05, 0) is 35.9 Å². The Morgan fingerprint density at radius 2 is 1.79 bits per heavy atom. The maximum Gasteiger partial charge on any atom is 0.335 e. The number of carboxylic acid groups (broad SMARTS) is 1. The number of hydrogen-bond acceptors (Lipinski definition) is 3. The minimum atomic E-state index is -1.12. The zero-order valence-corrected chi connectivity index (χ0v) is 18.3. The smallest absolute Gasteiger partial charge is 0.335 e. The van der Waals surface area contributed by atoms with Crippen molar-refractivity contribution in [3.05, 3.63) is 68.3 Å². The van der Waals surface area contributed by atoms with E-state index in [-0.39, 0.29) is 24.1 Å². The number of carbonyl (C=O) groups is 2. The van der Waals surface area contributed by atoms with Gasteiger partial charge >= 0.3 is 5.97 Å². The van der Waals surface area contributed by atoms with Crippen molar-refractivity contribution >= 4 is 71.1 Å². The van der Waals surface area contributed by atoms with Crippen molar-refractivity contribution in [3.63, 3.8) is 0 Å². The van der Waals surface area contributed by atoms with E-state index in [4.69, 9.17) is 39.9 Å². The first kappa shape index (κ1) is 23.4. The molecule has 0 saturated carbocycles. The van der Waals surface area contributed by atoms with Crippen molar-refractivity contribution in [2.24, 2.45) is 7.05 Å². The van der Waals surface area contributed by atoms with Crippen molar-refractivity contribution in [3.8, 4) is 0 Å². The molecule has 3 N–H and O–H groups in total. The second kappa shape index (κ2) is 9.28. The molecule has 0 bridgehead atoms. The van der Waals surface area contributed by atoms with E-state index in [0.29, 0.717) is 26.7 Å². The quantitative estimate of drug-likeness (QED) is 0.510. The van der Waals surface area contributed by atoms with Gasteiger partial charge in [-0.25, -0.2) is 4.79 Å². The van der Waals surface area contributed by atoms with Gasteiger partial charge in [-0.1, -0.05) is 40.9 Å². The maximum atomic E-state index is 12.8. The molecule has 1 amide bonds. The van der Waals surface area contributed by atoms with Gasteiger partial charge in [-0.3, -0.25) is 4.79 Å². The maximum absolute atomic E-state index is 12.8. The van der Waals surface area contributed by atoms with Gasteiger partial charge < -0.3 is 20.1 Å². The number of carboxylic acids is 1. The van der Waals surface area contributed by atoms with Crippen LogP contribution in [0, 0.1) is 0 Å². The van der Waals surface area contributed by atoms with E-state index >= 15 is 0 Å². The summed E-state index contributed by atoms with van der Waals surface area (Å²) in [6.07, 6.45) is 0. The van der Waals surface area contributed by atoms with Crippen LogP contribution in [0.3, 0.4) is 0 Å². The third-order valence-electron chi connectivity index (χ3n) is 4.46. The molecular weight excluding hydrogens is 459 g/mol. The Morgan fingerprint density at radius 3 is 2.38 bits per heavy atom. The van der Waals surface area contributed by atoms with Gasteiger partial charge in [0.15, 0.2) is 0 Å². The fraction of sp³-hybridized carbons (Fsp3) is 0.158. The Bertz CT molecular complexity index is 1100. The molecule has 0 aliphatic carbocycles. The highest BCUT2D eigenvalue weighted by Gasteiger charge is 2.22. The number of fused-ring (bicyclic) bond motifs is 1. The van der Waals surface area contributed by atoms with E-state index in [2.05, 4.69) is 5.32 Å². The normalized spacial score (nSPS) is 11.8. The van der Waals surface area contributed by atoms with E-state index in [1.165, 1.54) is 18.2 Å². The summed E-state index contributed by atoms with van der Waals surface area (Å²) in [5.41, 5.74) is 1.46. The number of aromatic nitrogens is 1. The van der Waals surface area contributed by atoms with Crippen molar-refractivity contribution in [1.82, 2.24) is 9.88 Å². The summed E-state index contributed by atoms with van der Waals surface area (Å²) in [6, 6.07) is 8.29. The predicted octanol–water partition coefficient (Wildman–Crippen LogP) is 4.41. The molecule has 0 fully saturated rings. The number of aryl methyl sites for hydroxylation is 1.